The van der Waals surface area contributed by atoms with Crippen LogP contribution in [-0.2, 0) is 10.4 Å². The Hall–Kier alpha value is -6.95. The number of hydrogen-bond donors (Lipinski definition) is 0. The molecule has 0 aliphatic carbocycles. The quantitative estimate of drug-likeness (QED) is 0.165. The summed E-state index contributed by atoms with van der Waals surface area (Å²) in [6.07, 6.45) is 1.93. The van der Waals surface area contributed by atoms with Crippen molar-refractivity contribution < 1.29 is 4.94 Å². The molecule has 1 aliphatic rings. The van der Waals surface area contributed by atoms with E-state index in [0.717, 1.165) is 45.2 Å². The molecule has 5 heteroatoms. The second kappa shape index (κ2) is 13.2. The van der Waals surface area contributed by atoms with E-state index in [1.165, 1.54) is 38.6 Å². The SMILES string of the molecule is CC(C)(c1cccc(N2ON(c3ccccc3)c3ccccc32)c1)c1ccc2c3ccccc3n(-c3cc(-c4ccccc4-c4ccccc4)ccn3)c2c1. The van der Waals surface area contributed by atoms with Gasteiger partial charge in [0.2, 0.25) is 0 Å². The van der Waals surface area contributed by atoms with Crippen LogP contribution in [0, 0.1) is 0 Å². The molecule has 7 aromatic carbocycles. The maximum Gasteiger partial charge on any atom is 0.138 e. The molecule has 2 aromatic heterocycles. The number of fused-ring (bicyclic) bond motifs is 4. The minimum Gasteiger partial charge on any atom is -0.294 e. The van der Waals surface area contributed by atoms with Crippen molar-refractivity contribution in [1.82, 2.24) is 9.55 Å². The van der Waals surface area contributed by atoms with Gasteiger partial charge in [-0.1, -0.05) is 141 Å². The summed E-state index contributed by atoms with van der Waals surface area (Å²) in [5, 5.41) is 6.22. The molecule has 55 heavy (non-hydrogen) atoms. The van der Waals surface area contributed by atoms with Crippen molar-refractivity contribution in [2.24, 2.45) is 0 Å². The average molecular weight is 711 g/mol. The predicted molar refractivity (Wildman–Crippen MR) is 226 cm³/mol. The summed E-state index contributed by atoms with van der Waals surface area (Å²) in [5.41, 5.74) is 12.9. The third kappa shape index (κ3) is 5.56. The summed E-state index contributed by atoms with van der Waals surface area (Å²) >= 11 is 0. The minimum absolute atomic E-state index is 0.340. The highest BCUT2D eigenvalue weighted by atomic mass is 16.8. The fraction of sp³-hybridized carbons (Fsp3) is 0.0600. The van der Waals surface area contributed by atoms with E-state index in [2.05, 4.69) is 182 Å². The van der Waals surface area contributed by atoms with Crippen LogP contribution in [0.4, 0.5) is 22.7 Å². The Kier molecular flexibility index (Phi) is 7.82. The van der Waals surface area contributed by atoms with Gasteiger partial charge in [-0.15, -0.1) is 4.94 Å². The Morgan fingerprint density at radius 3 is 1.84 bits per heavy atom. The van der Waals surface area contributed by atoms with Crippen LogP contribution in [0.2, 0.25) is 0 Å². The molecule has 1 aliphatic heterocycles. The first-order chi connectivity index (χ1) is 27.0. The van der Waals surface area contributed by atoms with Gasteiger partial charge in [-0.3, -0.25) is 4.57 Å². The van der Waals surface area contributed by atoms with Crippen LogP contribution < -0.4 is 10.1 Å². The van der Waals surface area contributed by atoms with Crippen molar-refractivity contribution >= 4 is 44.6 Å². The summed E-state index contributed by atoms with van der Waals surface area (Å²) in [7, 11) is 0. The monoisotopic (exact) mass is 710 g/mol. The molecule has 0 radical (unpaired) electrons. The molecular weight excluding hydrogens is 673 g/mol. The minimum atomic E-state index is -0.340. The Morgan fingerprint density at radius 1 is 0.455 bits per heavy atom. The molecule has 5 nitrogen and oxygen atoms in total. The van der Waals surface area contributed by atoms with E-state index >= 15 is 0 Å². The van der Waals surface area contributed by atoms with Crippen molar-refractivity contribution in [3.63, 3.8) is 0 Å². The molecule has 0 fully saturated rings. The van der Waals surface area contributed by atoms with E-state index in [-0.39, 0.29) is 5.41 Å². The van der Waals surface area contributed by atoms with Crippen LogP contribution >= 0.6 is 0 Å². The number of benzene rings is 7. The maximum atomic E-state index is 6.56. The molecule has 3 heterocycles. The number of pyridine rings is 1. The summed E-state index contributed by atoms with van der Waals surface area (Å²) in [6.45, 7) is 4.60. The molecule has 10 rings (SSSR count). The van der Waals surface area contributed by atoms with Crippen molar-refractivity contribution in [2.75, 3.05) is 10.1 Å². The molecular formula is C50H38N4O. The zero-order valence-electron chi connectivity index (χ0n) is 30.7. The van der Waals surface area contributed by atoms with Gasteiger partial charge in [0, 0.05) is 22.4 Å². The van der Waals surface area contributed by atoms with Crippen molar-refractivity contribution in [1.29, 1.82) is 0 Å². The standard InChI is InChI=1S/C50H38N4O/c1-50(2,37-18-15-21-40(33-37)54-47-27-14-13-26-46(47)53(55-54)39-19-7-4-8-20-39)38-28-29-44-43-24-11-12-25-45(43)52(48(44)34-38)49-32-36(30-31-51-49)42-23-10-9-22-41(42)35-16-5-3-6-17-35/h3-34H,1-2H3. The van der Waals surface area contributed by atoms with Gasteiger partial charge in [0.15, 0.2) is 0 Å². The molecule has 0 unspecified atom stereocenters. The lowest BCUT2D eigenvalue weighted by molar-refractivity contribution is 0.156. The molecule has 0 saturated carbocycles. The first kappa shape index (κ1) is 32.7. The van der Waals surface area contributed by atoms with Crippen molar-refractivity contribution in [2.45, 2.75) is 19.3 Å². The van der Waals surface area contributed by atoms with Gasteiger partial charge in [-0.25, -0.2) is 4.98 Å². The topological polar surface area (TPSA) is 33.5 Å². The largest absolute Gasteiger partial charge is 0.294 e. The number of aromatic nitrogens is 2. The lowest BCUT2D eigenvalue weighted by atomic mass is 9.77. The van der Waals surface area contributed by atoms with Crippen LogP contribution in [0.3, 0.4) is 0 Å². The fourth-order valence-corrected chi connectivity index (χ4v) is 8.02. The molecule has 0 bridgehead atoms. The molecule has 0 saturated heterocycles. The zero-order valence-corrected chi connectivity index (χ0v) is 30.7. The number of rotatable bonds is 7. The molecule has 264 valence electrons. The lowest BCUT2D eigenvalue weighted by Crippen LogP contribution is -2.22. The maximum absolute atomic E-state index is 6.56. The number of hydrogen-bond acceptors (Lipinski definition) is 4. The van der Waals surface area contributed by atoms with E-state index in [0.29, 0.717) is 0 Å². The van der Waals surface area contributed by atoms with E-state index in [1.807, 2.05) is 40.6 Å². The van der Waals surface area contributed by atoms with Crippen LogP contribution in [0.5, 0.6) is 0 Å². The Labute approximate surface area is 320 Å². The third-order valence-corrected chi connectivity index (χ3v) is 11.0. The second-order valence-corrected chi connectivity index (χ2v) is 14.6. The highest BCUT2D eigenvalue weighted by Gasteiger charge is 2.32. The molecule has 9 aromatic rings. The highest BCUT2D eigenvalue weighted by Crippen LogP contribution is 2.46. The first-order valence-corrected chi connectivity index (χ1v) is 18.7. The van der Waals surface area contributed by atoms with E-state index in [1.54, 1.807) is 0 Å². The first-order valence-electron chi connectivity index (χ1n) is 18.7. The smallest absolute Gasteiger partial charge is 0.138 e. The van der Waals surface area contributed by atoms with Crippen LogP contribution in [-0.4, -0.2) is 9.55 Å². The second-order valence-electron chi connectivity index (χ2n) is 14.6. The normalized spacial score (nSPS) is 12.8. The van der Waals surface area contributed by atoms with Gasteiger partial charge in [0.1, 0.15) is 5.82 Å². The molecule has 0 atom stereocenters. The van der Waals surface area contributed by atoms with Crippen LogP contribution in [0.1, 0.15) is 25.0 Å². The lowest BCUT2D eigenvalue weighted by Gasteiger charge is -2.28. The fourth-order valence-electron chi connectivity index (χ4n) is 8.02. The molecule has 0 spiro atoms. The van der Waals surface area contributed by atoms with Gasteiger partial charge >= 0.3 is 0 Å². The Bertz CT molecular complexity index is 2840. The van der Waals surface area contributed by atoms with Gasteiger partial charge in [0.05, 0.1) is 33.8 Å². The number of nitrogens with zero attached hydrogens (tertiary/aromatic N) is 4. The van der Waals surface area contributed by atoms with Crippen molar-refractivity contribution in [3.05, 3.63) is 205 Å². The van der Waals surface area contributed by atoms with Crippen LogP contribution in [0.25, 0.3) is 49.9 Å². The van der Waals surface area contributed by atoms with Gasteiger partial charge in [-0.05, 0) is 94.0 Å². The van der Waals surface area contributed by atoms with Crippen LogP contribution in [0.15, 0.2) is 194 Å². The van der Waals surface area contributed by atoms with Gasteiger partial charge in [-0.2, -0.15) is 10.1 Å². The summed E-state index contributed by atoms with van der Waals surface area (Å²) < 4.78 is 2.32. The summed E-state index contributed by atoms with van der Waals surface area (Å²) in [5.74, 6) is 0.885. The number of para-hydroxylation sites is 4. The third-order valence-electron chi connectivity index (χ3n) is 11.0. The van der Waals surface area contributed by atoms with Gasteiger partial charge < -0.3 is 0 Å². The summed E-state index contributed by atoms with van der Waals surface area (Å²) in [6, 6.07) is 66.3. The van der Waals surface area contributed by atoms with Gasteiger partial charge in [0.25, 0.3) is 0 Å². The zero-order chi connectivity index (χ0) is 36.9. The number of anilines is 4. The average Bonchev–Trinajstić information content (AvgIpc) is 3.81. The predicted octanol–water partition coefficient (Wildman–Crippen LogP) is 13.0. The van der Waals surface area contributed by atoms with Crippen molar-refractivity contribution in [3.8, 4) is 28.1 Å². The molecule has 0 amide bonds. The van der Waals surface area contributed by atoms with E-state index in [4.69, 9.17) is 9.92 Å². The van der Waals surface area contributed by atoms with E-state index in [9.17, 15) is 0 Å². The Morgan fingerprint density at radius 2 is 1.05 bits per heavy atom. The highest BCUT2D eigenvalue weighted by molar-refractivity contribution is 6.09. The summed E-state index contributed by atoms with van der Waals surface area (Å²) in [4.78, 5) is 11.6. The Balaban J connectivity index is 1.06. The van der Waals surface area contributed by atoms with E-state index < -0.39 is 0 Å². The molecule has 0 N–H and O–H groups in total.